The topological polar surface area (TPSA) is 223 Å². The molecule has 5 N–H and O–H groups in total. The number of alkyl halides is 3. The van der Waals surface area contributed by atoms with E-state index in [2.05, 4.69) is 60.4 Å². The predicted octanol–water partition coefficient (Wildman–Crippen LogP) is 3.08. The molecule has 0 radical (unpaired) electrons. The minimum atomic E-state index is -4.49. The largest absolute Gasteiger partial charge is 0.411 e. The Morgan fingerprint density at radius 3 is 1.82 bits per heavy atom. The lowest BCUT2D eigenvalue weighted by Crippen LogP contribution is -2.41. The van der Waals surface area contributed by atoms with E-state index in [1.165, 1.54) is 26.0 Å². The van der Waals surface area contributed by atoms with Crippen LogP contribution in [0.3, 0.4) is 0 Å². The number of aromatic amines is 2. The first kappa shape index (κ1) is 36.2. The van der Waals surface area contributed by atoms with Gasteiger partial charge >= 0.3 is 6.18 Å². The molecular weight excluding hydrogens is 678 g/mol. The summed E-state index contributed by atoms with van der Waals surface area (Å²) < 4.78 is 80.7. The van der Waals surface area contributed by atoms with Gasteiger partial charge in [-0.05, 0) is 50.2 Å². The first-order chi connectivity index (χ1) is 23.2. The van der Waals surface area contributed by atoms with E-state index in [9.17, 15) is 35.6 Å². The maximum absolute atomic E-state index is 13.7. The number of hydrogen-bond acceptors (Lipinski definition) is 11. The number of amides is 2. The molecule has 49 heavy (non-hydrogen) atoms. The summed E-state index contributed by atoms with van der Waals surface area (Å²) >= 11 is 0. The lowest BCUT2D eigenvalue weighted by atomic mass is 10.3. The number of hydrogen-bond donors (Lipinski definition) is 5. The number of nitrogens with zero attached hydrogens (tertiary/aromatic N) is 6. The van der Waals surface area contributed by atoms with Gasteiger partial charge in [-0.3, -0.25) is 40.4 Å². The van der Waals surface area contributed by atoms with E-state index in [0.29, 0.717) is 23.0 Å². The van der Waals surface area contributed by atoms with Crippen molar-refractivity contribution < 1.29 is 40.3 Å². The first-order valence-corrected chi connectivity index (χ1v) is 15.4. The molecule has 5 rings (SSSR count). The highest BCUT2D eigenvalue weighted by atomic mass is 32.2. The molecule has 4 heterocycles. The molecule has 2 amide bonds. The molecule has 4 aromatic heterocycles. The van der Waals surface area contributed by atoms with Gasteiger partial charge in [-0.2, -0.15) is 27.9 Å². The number of ether oxygens (including phenoxy) is 1. The Morgan fingerprint density at radius 2 is 1.33 bits per heavy atom. The summed E-state index contributed by atoms with van der Waals surface area (Å²) in [5, 5.41) is 17.4. The van der Waals surface area contributed by atoms with Crippen molar-refractivity contribution in [1.29, 1.82) is 0 Å². The summed E-state index contributed by atoms with van der Waals surface area (Å²) in [4.78, 5) is 39.5. The lowest BCUT2D eigenvalue weighted by Gasteiger charge is -2.13. The van der Waals surface area contributed by atoms with Crippen molar-refractivity contribution in [2.45, 2.75) is 37.1 Å². The fourth-order valence-corrected chi connectivity index (χ4v) is 4.89. The van der Waals surface area contributed by atoms with Gasteiger partial charge in [0, 0.05) is 12.4 Å². The fraction of sp³-hybridized carbons (Fsp3) is 0.214. The van der Waals surface area contributed by atoms with Crippen molar-refractivity contribution in [1.82, 2.24) is 45.1 Å². The second-order valence-corrected chi connectivity index (χ2v) is 11.4. The number of carbonyl (C=O) groups is 2. The molecule has 0 aliphatic rings. The molecule has 0 saturated heterocycles. The molecule has 16 nitrogen and oxygen atoms in total. The first-order valence-electron chi connectivity index (χ1n) is 14.0. The quantitative estimate of drug-likeness (QED) is 0.126. The van der Waals surface area contributed by atoms with Crippen LogP contribution in [0.4, 0.5) is 29.5 Å². The van der Waals surface area contributed by atoms with E-state index in [1.54, 1.807) is 48.8 Å². The minimum Gasteiger partial charge on any atom is -0.359 e. The number of aromatic nitrogens is 8. The van der Waals surface area contributed by atoms with E-state index in [1.807, 2.05) is 0 Å². The van der Waals surface area contributed by atoms with E-state index >= 15 is 0 Å². The van der Waals surface area contributed by atoms with Crippen LogP contribution in [0.15, 0.2) is 78.0 Å². The number of pyridine rings is 2. The van der Waals surface area contributed by atoms with Gasteiger partial charge in [0.1, 0.15) is 34.8 Å². The molecule has 0 aliphatic heterocycles. The van der Waals surface area contributed by atoms with E-state index in [0.717, 1.165) is 12.1 Å². The summed E-state index contributed by atoms with van der Waals surface area (Å²) in [5.41, 5.74) is 1.04. The Morgan fingerprint density at radius 1 is 0.816 bits per heavy atom. The fourth-order valence-electron chi connectivity index (χ4n) is 3.61. The maximum atomic E-state index is 13.7. The average molecular weight is 706 g/mol. The second-order valence-electron chi connectivity index (χ2n) is 9.77. The van der Waals surface area contributed by atoms with Crippen LogP contribution in [0.5, 0.6) is 0 Å². The molecule has 2 atom stereocenters. The lowest BCUT2D eigenvalue weighted by molar-refractivity contribution is -0.184. The highest BCUT2D eigenvalue weighted by Crippen LogP contribution is 2.17. The molecule has 1 aromatic carbocycles. The van der Waals surface area contributed by atoms with Crippen LogP contribution in [0.25, 0.3) is 23.0 Å². The van der Waals surface area contributed by atoms with Gasteiger partial charge < -0.3 is 4.74 Å². The van der Waals surface area contributed by atoms with Gasteiger partial charge in [0.15, 0.2) is 11.6 Å². The van der Waals surface area contributed by atoms with Gasteiger partial charge in [-0.25, -0.2) is 12.8 Å². The molecule has 0 spiro atoms. The number of rotatable bonds is 11. The number of H-pyrrole nitrogens is 2. The maximum Gasteiger partial charge on any atom is 0.411 e. The second kappa shape index (κ2) is 16.0. The third kappa shape index (κ3) is 10.7. The Balaban J connectivity index is 0.000000226. The van der Waals surface area contributed by atoms with Crippen LogP contribution < -0.4 is 15.4 Å². The van der Waals surface area contributed by atoms with Gasteiger partial charge in [-0.15, -0.1) is 10.2 Å². The SMILES string of the molecule is CC(OCC(F)(F)F)C(=O)Nc1n[nH]c(-c2ccccn2)n1.C[C@H](NS(=O)(=O)c1ccccc1F)C(=O)Nc1n[nH]c(-c2ccccn2)n1. The van der Waals surface area contributed by atoms with Crippen molar-refractivity contribution >= 4 is 33.7 Å². The number of halogens is 4. The molecule has 1 unspecified atom stereocenters. The molecule has 0 aliphatic carbocycles. The Labute approximate surface area is 275 Å². The minimum absolute atomic E-state index is 0.0439. The van der Waals surface area contributed by atoms with Crippen molar-refractivity contribution in [3.8, 4) is 23.0 Å². The number of benzene rings is 1. The smallest absolute Gasteiger partial charge is 0.359 e. The molecule has 0 saturated carbocycles. The molecular formula is C28H27F4N11O5S. The molecule has 5 aromatic rings. The van der Waals surface area contributed by atoms with Crippen LogP contribution >= 0.6 is 0 Å². The third-order valence-electron chi connectivity index (χ3n) is 5.97. The van der Waals surface area contributed by atoms with Gasteiger partial charge in [0.25, 0.3) is 5.91 Å². The zero-order valence-corrected chi connectivity index (χ0v) is 26.3. The highest BCUT2D eigenvalue weighted by Gasteiger charge is 2.30. The van der Waals surface area contributed by atoms with E-state index < -0.39 is 57.5 Å². The van der Waals surface area contributed by atoms with Gasteiger partial charge in [0.2, 0.25) is 27.8 Å². The summed E-state index contributed by atoms with van der Waals surface area (Å²) in [6, 6.07) is 14.1. The monoisotopic (exact) mass is 705 g/mol. The summed E-state index contributed by atoms with van der Waals surface area (Å²) in [6.07, 6.45) is -2.65. The van der Waals surface area contributed by atoms with Crippen LogP contribution in [-0.2, 0) is 24.3 Å². The Kier molecular flexibility index (Phi) is 11.8. The number of nitrogens with one attached hydrogen (secondary N) is 5. The van der Waals surface area contributed by atoms with Crippen molar-refractivity contribution in [3.63, 3.8) is 0 Å². The number of sulfonamides is 1. The van der Waals surface area contributed by atoms with Crippen LogP contribution in [0, 0.1) is 5.82 Å². The molecule has 0 fully saturated rings. The number of anilines is 2. The van der Waals surface area contributed by atoms with Crippen molar-refractivity contribution in [2.75, 3.05) is 17.2 Å². The van der Waals surface area contributed by atoms with E-state index in [-0.39, 0.29) is 11.9 Å². The van der Waals surface area contributed by atoms with Crippen LogP contribution in [0.2, 0.25) is 0 Å². The molecule has 0 bridgehead atoms. The zero-order valence-electron chi connectivity index (χ0n) is 25.4. The summed E-state index contributed by atoms with van der Waals surface area (Å²) in [7, 11) is -4.21. The number of carbonyl (C=O) groups excluding carboxylic acids is 2. The Bertz CT molecular complexity index is 1960. The standard InChI is InChI=1S/C16H15FN6O3S.C12H12F3N5O2/c1-10(23-27(25,26)13-8-3-2-6-11(13)17)15(24)20-16-19-14(21-22-16)12-7-4-5-9-18-12;1-7(22-6-12(13,14)15)10(21)18-11-17-9(19-20-11)8-4-2-3-5-16-8/h2-10,23H,1H3,(H2,19,20,21,22,24);2-5,7H,6H2,1H3,(H2,17,18,19,20,21)/t10-;/m0./s1. The van der Waals surface area contributed by atoms with E-state index in [4.69, 9.17) is 0 Å². The van der Waals surface area contributed by atoms with Crippen LogP contribution in [0.1, 0.15) is 13.8 Å². The van der Waals surface area contributed by atoms with Crippen molar-refractivity contribution in [3.05, 3.63) is 78.9 Å². The predicted molar refractivity (Wildman–Crippen MR) is 164 cm³/mol. The van der Waals surface area contributed by atoms with Crippen molar-refractivity contribution in [2.24, 2.45) is 0 Å². The Hall–Kier alpha value is -5.67. The normalized spacial score (nSPS) is 12.7. The summed E-state index contributed by atoms with van der Waals surface area (Å²) in [6.45, 7) is 1.02. The van der Waals surface area contributed by atoms with Gasteiger partial charge in [0.05, 0.1) is 6.04 Å². The molecule has 21 heteroatoms. The summed E-state index contributed by atoms with van der Waals surface area (Å²) in [5.74, 6) is -1.86. The zero-order chi connectivity index (χ0) is 35.6. The van der Waals surface area contributed by atoms with Crippen LogP contribution in [-0.4, -0.2) is 85.5 Å². The highest BCUT2D eigenvalue weighted by molar-refractivity contribution is 7.89. The molecule has 258 valence electrons. The average Bonchev–Trinajstić information content (AvgIpc) is 3.74. The van der Waals surface area contributed by atoms with Gasteiger partial charge in [-0.1, -0.05) is 24.3 Å². The third-order valence-corrected chi connectivity index (χ3v) is 7.55.